The lowest BCUT2D eigenvalue weighted by Gasteiger charge is -2.09. The van der Waals surface area contributed by atoms with Crippen LogP contribution in [0.5, 0.6) is 5.75 Å². The average Bonchev–Trinajstić information content (AvgIpc) is 2.77. The Balaban J connectivity index is 1.57. The van der Waals surface area contributed by atoms with Crippen LogP contribution in [0.3, 0.4) is 0 Å². The lowest BCUT2D eigenvalue weighted by Crippen LogP contribution is -2.22. The van der Waals surface area contributed by atoms with Crippen LogP contribution >= 0.6 is 0 Å². The predicted molar refractivity (Wildman–Crippen MR) is 114 cm³/mol. The first-order valence-corrected chi connectivity index (χ1v) is 9.33. The van der Waals surface area contributed by atoms with Crippen LogP contribution in [0.1, 0.15) is 26.3 Å². The summed E-state index contributed by atoms with van der Waals surface area (Å²) in [7, 11) is 0. The SMILES string of the molecule is C=CCOc1ccc(C(=O)NCc2cccc(NC(=O)c3ccc(F)cc3)c2)cc1. The van der Waals surface area contributed by atoms with Gasteiger partial charge in [-0.1, -0.05) is 24.8 Å². The van der Waals surface area contributed by atoms with E-state index in [2.05, 4.69) is 17.2 Å². The van der Waals surface area contributed by atoms with Crippen molar-refractivity contribution in [3.63, 3.8) is 0 Å². The van der Waals surface area contributed by atoms with Gasteiger partial charge in [0.1, 0.15) is 18.2 Å². The van der Waals surface area contributed by atoms with E-state index in [9.17, 15) is 14.0 Å². The molecule has 0 saturated carbocycles. The molecule has 6 heteroatoms. The normalized spacial score (nSPS) is 10.2. The maximum absolute atomic E-state index is 13.0. The summed E-state index contributed by atoms with van der Waals surface area (Å²) in [6.07, 6.45) is 1.65. The Labute approximate surface area is 174 Å². The van der Waals surface area contributed by atoms with Gasteiger partial charge in [0, 0.05) is 23.4 Å². The van der Waals surface area contributed by atoms with Crippen molar-refractivity contribution in [3.05, 3.63) is 108 Å². The van der Waals surface area contributed by atoms with Crippen molar-refractivity contribution < 1.29 is 18.7 Å². The first kappa shape index (κ1) is 20.8. The molecular weight excluding hydrogens is 383 g/mol. The van der Waals surface area contributed by atoms with Gasteiger partial charge in [0.05, 0.1) is 0 Å². The van der Waals surface area contributed by atoms with Crippen molar-refractivity contribution in [2.45, 2.75) is 6.54 Å². The first-order chi connectivity index (χ1) is 14.5. The minimum absolute atomic E-state index is 0.217. The smallest absolute Gasteiger partial charge is 0.255 e. The summed E-state index contributed by atoms with van der Waals surface area (Å²) >= 11 is 0. The molecule has 2 N–H and O–H groups in total. The van der Waals surface area contributed by atoms with Gasteiger partial charge in [-0.2, -0.15) is 0 Å². The van der Waals surface area contributed by atoms with Crippen LogP contribution in [0.25, 0.3) is 0 Å². The second kappa shape index (κ2) is 10.0. The quantitative estimate of drug-likeness (QED) is 0.541. The first-order valence-electron chi connectivity index (χ1n) is 9.33. The Bertz CT molecular complexity index is 1030. The lowest BCUT2D eigenvalue weighted by molar-refractivity contribution is 0.0950. The summed E-state index contributed by atoms with van der Waals surface area (Å²) < 4.78 is 18.4. The van der Waals surface area contributed by atoms with Gasteiger partial charge in [-0.3, -0.25) is 9.59 Å². The molecule has 3 rings (SSSR count). The van der Waals surface area contributed by atoms with Gasteiger partial charge >= 0.3 is 0 Å². The number of carbonyl (C=O) groups is 2. The number of rotatable bonds is 8. The highest BCUT2D eigenvalue weighted by atomic mass is 19.1. The van der Waals surface area contributed by atoms with Crippen molar-refractivity contribution in [1.82, 2.24) is 5.32 Å². The molecule has 0 fully saturated rings. The Hall–Kier alpha value is -3.93. The zero-order valence-electron chi connectivity index (χ0n) is 16.2. The van der Waals surface area contributed by atoms with Gasteiger partial charge in [0.2, 0.25) is 0 Å². The van der Waals surface area contributed by atoms with Crippen LogP contribution in [-0.2, 0) is 6.54 Å². The van der Waals surface area contributed by atoms with Crippen LogP contribution in [0, 0.1) is 5.82 Å². The Morgan fingerprint density at radius 1 is 0.933 bits per heavy atom. The molecule has 0 radical (unpaired) electrons. The largest absolute Gasteiger partial charge is 0.490 e. The molecule has 0 aromatic heterocycles. The van der Waals surface area contributed by atoms with Crippen molar-refractivity contribution in [1.29, 1.82) is 0 Å². The molecule has 0 aliphatic rings. The number of hydrogen-bond donors (Lipinski definition) is 2. The molecule has 0 heterocycles. The highest BCUT2D eigenvalue weighted by Gasteiger charge is 2.08. The third kappa shape index (κ3) is 5.78. The van der Waals surface area contributed by atoms with E-state index >= 15 is 0 Å². The Morgan fingerprint density at radius 2 is 1.60 bits per heavy atom. The number of nitrogens with one attached hydrogen (secondary N) is 2. The van der Waals surface area contributed by atoms with Gasteiger partial charge in [-0.15, -0.1) is 0 Å². The van der Waals surface area contributed by atoms with Gasteiger partial charge in [-0.25, -0.2) is 4.39 Å². The molecule has 0 saturated heterocycles. The highest BCUT2D eigenvalue weighted by Crippen LogP contribution is 2.14. The van der Waals surface area contributed by atoms with E-state index in [1.54, 1.807) is 48.5 Å². The van der Waals surface area contributed by atoms with Crippen molar-refractivity contribution in [2.75, 3.05) is 11.9 Å². The number of amides is 2. The molecule has 5 nitrogen and oxygen atoms in total. The molecule has 0 aliphatic carbocycles. The zero-order valence-corrected chi connectivity index (χ0v) is 16.2. The molecule has 0 unspecified atom stereocenters. The third-order valence-corrected chi connectivity index (χ3v) is 4.23. The topological polar surface area (TPSA) is 67.4 Å². The Kier molecular flexibility index (Phi) is 6.95. The zero-order chi connectivity index (χ0) is 21.3. The predicted octanol–water partition coefficient (Wildman–Crippen LogP) is 4.57. The Morgan fingerprint density at radius 3 is 2.30 bits per heavy atom. The summed E-state index contributed by atoms with van der Waals surface area (Å²) in [5, 5.41) is 5.61. The van der Waals surface area contributed by atoms with Crippen LogP contribution in [0.15, 0.2) is 85.5 Å². The van der Waals surface area contributed by atoms with E-state index in [1.807, 2.05) is 6.07 Å². The van der Waals surface area contributed by atoms with Crippen LogP contribution in [0.4, 0.5) is 10.1 Å². The van der Waals surface area contributed by atoms with Crippen LogP contribution < -0.4 is 15.4 Å². The summed E-state index contributed by atoms with van der Waals surface area (Å²) in [4.78, 5) is 24.6. The van der Waals surface area contributed by atoms with Gasteiger partial charge in [-0.05, 0) is 66.2 Å². The fourth-order valence-electron chi connectivity index (χ4n) is 2.71. The summed E-state index contributed by atoms with van der Waals surface area (Å²) in [6, 6.07) is 19.3. The van der Waals surface area contributed by atoms with Crippen LogP contribution in [0.2, 0.25) is 0 Å². The van der Waals surface area contributed by atoms with E-state index < -0.39 is 5.82 Å². The molecule has 0 aliphatic heterocycles. The molecule has 152 valence electrons. The number of hydrogen-bond acceptors (Lipinski definition) is 3. The number of benzene rings is 3. The maximum atomic E-state index is 13.0. The number of ether oxygens (including phenoxy) is 1. The van der Waals surface area contributed by atoms with E-state index in [-0.39, 0.29) is 11.8 Å². The molecule has 0 spiro atoms. The molecule has 0 bridgehead atoms. The summed E-state index contributed by atoms with van der Waals surface area (Å²) in [6.45, 7) is 4.29. The lowest BCUT2D eigenvalue weighted by atomic mass is 10.1. The number of anilines is 1. The van der Waals surface area contributed by atoms with Gasteiger partial charge in [0.25, 0.3) is 11.8 Å². The monoisotopic (exact) mass is 404 g/mol. The maximum Gasteiger partial charge on any atom is 0.255 e. The van der Waals surface area contributed by atoms with E-state index in [0.29, 0.717) is 35.7 Å². The standard InChI is InChI=1S/C24H21FN2O3/c1-2-14-30-22-12-8-18(9-13-22)23(28)26-16-17-4-3-5-21(15-17)27-24(29)19-6-10-20(25)11-7-19/h2-13,15H,1,14,16H2,(H,26,28)(H,27,29). The fraction of sp³-hybridized carbons (Fsp3) is 0.0833. The number of halogens is 1. The van der Waals surface area contributed by atoms with Gasteiger partial charge in [0.15, 0.2) is 0 Å². The van der Waals surface area contributed by atoms with E-state index in [4.69, 9.17) is 4.74 Å². The van der Waals surface area contributed by atoms with Crippen LogP contribution in [-0.4, -0.2) is 18.4 Å². The average molecular weight is 404 g/mol. The molecule has 0 atom stereocenters. The molecule has 3 aromatic rings. The second-order valence-electron chi connectivity index (χ2n) is 6.47. The third-order valence-electron chi connectivity index (χ3n) is 4.23. The highest BCUT2D eigenvalue weighted by molar-refractivity contribution is 6.04. The minimum atomic E-state index is -0.400. The molecule has 30 heavy (non-hydrogen) atoms. The molecular formula is C24H21FN2O3. The van der Waals surface area contributed by atoms with Crippen molar-refractivity contribution >= 4 is 17.5 Å². The second-order valence-corrected chi connectivity index (χ2v) is 6.47. The minimum Gasteiger partial charge on any atom is -0.490 e. The molecule has 3 aromatic carbocycles. The molecule has 2 amide bonds. The number of carbonyl (C=O) groups excluding carboxylic acids is 2. The van der Waals surface area contributed by atoms with Crippen molar-refractivity contribution in [3.8, 4) is 5.75 Å². The van der Waals surface area contributed by atoms with E-state index in [0.717, 1.165) is 5.56 Å². The fourth-order valence-corrected chi connectivity index (χ4v) is 2.71. The van der Waals surface area contributed by atoms with Gasteiger partial charge < -0.3 is 15.4 Å². The summed E-state index contributed by atoms with van der Waals surface area (Å²) in [5.74, 6) is -0.291. The van der Waals surface area contributed by atoms with E-state index in [1.165, 1.54) is 24.3 Å². The van der Waals surface area contributed by atoms with Crippen molar-refractivity contribution in [2.24, 2.45) is 0 Å². The summed E-state index contributed by atoms with van der Waals surface area (Å²) in [5.41, 5.74) is 2.28.